The van der Waals surface area contributed by atoms with Gasteiger partial charge in [-0.05, 0) is 48.2 Å². The van der Waals surface area contributed by atoms with Gasteiger partial charge in [-0.1, -0.05) is 32.0 Å². The van der Waals surface area contributed by atoms with E-state index in [2.05, 4.69) is 5.32 Å². The minimum Gasteiger partial charge on any atom is -0.343 e. The monoisotopic (exact) mass is 378 g/mol. The first-order valence-electron chi connectivity index (χ1n) is 8.44. The summed E-state index contributed by atoms with van der Waals surface area (Å²) in [6, 6.07) is 11.5. The number of anilines is 1. The van der Waals surface area contributed by atoms with Crippen molar-refractivity contribution in [3.05, 3.63) is 64.7 Å². The van der Waals surface area contributed by atoms with Gasteiger partial charge in [-0.2, -0.15) is 13.2 Å². The van der Waals surface area contributed by atoms with Crippen LogP contribution in [0.4, 0.5) is 18.9 Å². The van der Waals surface area contributed by atoms with E-state index in [1.807, 2.05) is 31.3 Å². The van der Waals surface area contributed by atoms with Gasteiger partial charge in [-0.3, -0.25) is 9.59 Å². The molecule has 0 aliphatic heterocycles. The van der Waals surface area contributed by atoms with Gasteiger partial charge in [-0.15, -0.1) is 0 Å². The maximum atomic E-state index is 12.4. The van der Waals surface area contributed by atoms with E-state index in [1.54, 1.807) is 25.1 Å². The molecule has 0 aromatic heterocycles. The number of amides is 2. The van der Waals surface area contributed by atoms with E-state index in [0.717, 1.165) is 5.56 Å². The summed E-state index contributed by atoms with van der Waals surface area (Å²) in [4.78, 5) is 24.3. The van der Waals surface area contributed by atoms with Gasteiger partial charge in [0.1, 0.15) is 6.54 Å². The highest BCUT2D eigenvalue weighted by atomic mass is 19.4. The number of carbonyl (C=O) groups excluding carboxylic acids is 2. The van der Waals surface area contributed by atoms with Crippen LogP contribution in [-0.2, 0) is 0 Å². The van der Waals surface area contributed by atoms with Crippen molar-refractivity contribution < 1.29 is 22.8 Å². The van der Waals surface area contributed by atoms with E-state index >= 15 is 0 Å². The SMILES string of the molecule is Cc1ccc(C(=O)NCC(F)(F)F)cc1NC(=O)c1ccc(C(C)C)cc1. The number of halogens is 3. The zero-order valence-electron chi connectivity index (χ0n) is 15.3. The molecule has 0 aliphatic carbocycles. The lowest BCUT2D eigenvalue weighted by atomic mass is 10.0. The molecule has 0 radical (unpaired) electrons. The molecule has 0 saturated heterocycles. The van der Waals surface area contributed by atoms with Crippen molar-refractivity contribution in [1.82, 2.24) is 5.32 Å². The second kappa shape index (κ2) is 8.24. The number of benzene rings is 2. The first-order valence-corrected chi connectivity index (χ1v) is 8.44. The molecule has 2 amide bonds. The molecule has 144 valence electrons. The number of hydrogen-bond acceptors (Lipinski definition) is 2. The van der Waals surface area contributed by atoms with Crippen LogP contribution in [0.5, 0.6) is 0 Å². The predicted octanol–water partition coefficient (Wildman–Crippen LogP) is 4.66. The molecule has 0 heterocycles. The van der Waals surface area contributed by atoms with Gasteiger partial charge >= 0.3 is 6.18 Å². The third-order valence-electron chi connectivity index (χ3n) is 4.04. The van der Waals surface area contributed by atoms with E-state index < -0.39 is 18.6 Å². The fraction of sp³-hybridized carbons (Fsp3) is 0.300. The van der Waals surface area contributed by atoms with Gasteiger partial charge in [0.05, 0.1) is 0 Å². The molecule has 0 spiro atoms. The van der Waals surface area contributed by atoms with Gasteiger partial charge in [0.15, 0.2) is 0 Å². The summed E-state index contributed by atoms with van der Waals surface area (Å²) in [5.41, 5.74) is 2.65. The first-order chi connectivity index (χ1) is 12.6. The second-order valence-electron chi connectivity index (χ2n) is 6.56. The van der Waals surface area contributed by atoms with Crippen LogP contribution in [0.15, 0.2) is 42.5 Å². The Bertz CT molecular complexity index is 828. The minimum atomic E-state index is -4.49. The largest absolute Gasteiger partial charge is 0.405 e. The Morgan fingerprint density at radius 3 is 2.11 bits per heavy atom. The summed E-state index contributed by atoms with van der Waals surface area (Å²) >= 11 is 0. The lowest BCUT2D eigenvalue weighted by molar-refractivity contribution is -0.123. The average molecular weight is 378 g/mol. The Morgan fingerprint density at radius 1 is 0.963 bits per heavy atom. The molecule has 2 aromatic rings. The van der Waals surface area contributed by atoms with Gasteiger partial charge in [0.2, 0.25) is 0 Å². The third kappa shape index (κ3) is 5.84. The molecule has 0 saturated carbocycles. The fourth-order valence-corrected chi connectivity index (χ4v) is 2.39. The van der Waals surface area contributed by atoms with Crippen LogP contribution in [0, 0.1) is 6.92 Å². The number of carbonyl (C=O) groups is 2. The topological polar surface area (TPSA) is 58.2 Å². The molecule has 2 rings (SSSR count). The highest BCUT2D eigenvalue weighted by Gasteiger charge is 2.28. The molecule has 27 heavy (non-hydrogen) atoms. The Balaban J connectivity index is 2.13. The molecule has 7 heteroatoms. The summed E-state index contributed by atoms with van der Waals surface area (Å²) < 4.78 is 36.7. The Kier molecular flexibility index (Phi) is 6.25. The molecule has 0 unspecified atom stereocenters. The van der Waals surface area contributed by atoms with Crippen molar-refractivity contribution in [3.8, 4) is 0 Å². The molecule has 0 aliphatic rings. The van der Waals surface area contributed by atoms with E-state index in [0.29, 0.717) is 22.7 Å². The van der Waals surface area contributed by atoms with Crippen LogP contribution in [0.3, 0.4) is 0 Å². The number of aryl methyl sites for hydroxylation is 1. The molecule has 0 atom stereocenters. The molecule has 4 nitrogen and oxygen atoms in total. The highest BCUT2D eigenvalue weighted by Crippen LogP contribution is 2.20. The molecule has 2 N–H and O–H groups in total. The average Bonchev–Trinajstić information content (AvgIpc) is 2.61. The van der Waals surface area contributed by atoms with Crippen LogP contribution in [0.2, 0.25) is 0 Å². The molecule has 2 aromatic carbocycles. The molecular formula is C20H21F3N2O2. The van der Waals surface area contributed by atoms with Crippen molar-refractivity contribution in [2.24, 2.45) is 0 Å². The zero-order chi connectivity index (χ0) is 20.2. The lowest BCUT2D eigenvalue weighted by Crippen LogP contribution is -2.33. The van der Waals surface area contributed by atoms with Crippen molar-refractivity contribution in [2.75, 3.05) is 11.9 Å². The number of nitrogens with one attached hydrogen (secondary N) is 2. The number of alkyl halides is 3. The van der Waals surface area contributed by atoms with E-state index in [1.165, 1.54) is 12.1 Å². The molecular weight excluding hydrogens is 357 g/mol. The summed E-state index contributed by atoms with van der Waals surface area (Å²) in [6.07, 6.45) is -4.49. The lowest BCUT2D eigenvalue weighted by Gasteiger charge is -2.12. The van der Waals surface area contributed by atoms with Crippen LogP contribution < -0.4 is 10.6 Å². The van der Waals surface area contributed by atoms with E-state index in [4.69, 9.17) is 0 Å². The Hall–Kier alpha value is -2.83. The van der Waals surface area contributed by atoms with Crippen molar-refractivity contribution in [2.45, 2.75) is 32.9 Å². The van der Waals surface area contributed by atoms with Gasteiger partial charge in [0, 0.05) is 16.8 Å². The van der Waals surface area contributed by atoms with Gasteiger partial charge in [0.25, 0.3) is 11.8 Å². The van der Waals surface area contributed by atoms with E-state index in [9.17, 15) is 22.8 Å². The number of rotatable bonds is 5. The Morgan fingerprint density at radius 2 is 1.56 bits per heavy atom. The normalized spacial score (nSPS) is 11.4. The molecule has 0 bridgehead atoms. The maximum absolute atomic E-state index is 12.4. The fourth-order valence-electron chi connectivity index (χ4n) is 2.39. The predicted molar refractivity (Wildman–Crippen MR) is 98.1 cm³/mol. The van der Waals surface area contributed by atoms with Crippen molar-refractivity contribution in [3.63, 3.8) is 0 Å². The maximum Gasteiger partial charge on any atom is 0.405 e. The first kappa shape index (κ1) is 20.5. The van der Waals surface area contributed by atoms with Gasteiger partial charge < -0.3 is 10.6 Å². The zero-order valence-corrected chi connectivity index (χ0v) is 15.3. The van der Waals surface area contributed by atoms with Crippen LogP contribution in [0.1, 0.15) is 51.6 Å². The van der Waals surface area contributed by atoms with Crippen LogP contribution >= 0.6 is 0 Å². The third-order valence-corrected chi connectivity index (χ3v) is 4.04. The number of hydrogen-bond donors (Lipinski definition) is 2. The van der Waals surface area contributed by atoms with E-state index in [-0.39, 0.29) is 11.5 Å². The smallest absolute Gasteiger partial charge is 0.343 e. The summed E-state index contributed by atoms with van der Waals surface area (Å²) in [5.74, 6) is -0.874. The van der Waals surface area contributed by atoms with Crippen LogP contribution in [-0.4, -0.2) is 24.5 Å². The highest BCUT2D eigenvalue weighted by molar-refractivity contribution is 6.05. The Labute approximate surface area is 155 Å². The van der Waals surface area contributed by atoms with Crippen molar-refractivity contribution in [1.29, 1.82) is 0 Å². The summed E-state index contributed by atoms with van der Waals surface area (Å²) in [7, 11) is 0. The summed E-state index contributed by atoms with van der Waals surface area (Å²) in [6.45, 7) is 4.42. The molecule has 0 fully saturated rings. The minimum absolute atomic E-state index is 0.0373. The standard InChI is InChI=1S/C20H21F3N2O2/c1-12(2)14-6-8-15(9-7-14)19(27)25-17-10-16(5-4-13(17)3)18(26)24-11-20(21,22)23/h4-10,12H,11H2,1-3H3,(H,24,26)(H,25,27). The second-order valence-corrected chi connectivity index (χ2v) is 6.56. The van der Waals surface area contributed by atoms with Crippen molar-refractivity contribution >= 4 is 17.5 Å². The quantitative estimate of drug-likeness (QED) is 0.795. The summed E-state index contributed by atoms with van der Waals surface area (Å²) in [5, 5.41) is 4.51. The van der Waals surface area contributed by atoms with Gasteiger partial charge in [-0.25, -0.2) is 0 Å². The van der Waals surface area contributed by atoms with Crippen LogP contribution in [0.25, 0.3) is 0 Å².